The van der Waals surface area contributed by atoms with Crippen molar-refractivity contribution in [3.05, 3.63) is 47.7 Å². The molecule has 0 aliphatic rings. The van der Waals surface area contributed by atoms with E-state index in [1.54, 1.807) is 6.92 Å². The Morgan fingerprint density at radius 2 is 2.00 bits per heavy atom. The third-order valence-electron chi connectivity index (χ3n) is 2.81. The number of aromatic amines is 1. The van der Waals surface area contributed by atoms with Gasteiger partial charge < -0.3 is 9.84 Å². The monoisotopic (exact) mass is 270 g/mol. The first kappa shape index (κ1) is 12.5. The highest BCUT2D eigenvalue weighted by atomic mass is 16.5. The molecule has 0 radical (unpaired) electrons. The molecule has 0 unspecified atom stereocenters. The topological polar surface area (TPSA) is 92.5 Å². The van der Waals surface area contributed by atoms with Gasteiger partial charge >= 0.3 is 0 Å². The van der Waals surface area contributed by atoms with Crippen molar-refractivity contribution in [2.24, 2.45) is 0 Å². The maximum Gasteiger partial charge on any atom is 0.240 e. The summed E-state index contributed by atoms with van der Waals surface area (Å²) in [5.41, 5.74) is 2.74. The molecule has 2 N–H and O–H groups in total. The van der Waals surface area contributed by atoms with Crippen molar-refractivity contribution < 1.29 is 4.52 Å². The van der Waals surface area contributed by atoms with E-state index in [0.717, 1.165) is 17.0 Å². The second-order valence-electron chi connectivity index (χ2n) is 4.32. The van der Waals surface area contributed by atoms with Crippen LogP contribution in [0, 0.1) is 6.92 Å². The fourth-order valence-electron chi connectivity index (χ4n) is 1.90. The fraction of sp³-hybridized carbons (Fsp3) is 0.231. The molecule has 0 bridgehead atoms. The van der Waals surface area contributed by atoms with Crippen molar-refractivity contribution in [3.8, 4) is 11.3 Å². The number of H-pyrrole nitrogens is 1. The number of aromatic nitrogens is 5. The Kier molecular flexibility index (Phi) is 3.51. The van der Waals surface area contributed by atoms with E-state index in [2.05, 4.69) is 30.9 Å². The molecular formula is C13H14N6O. The predicted molar refractivity (Wildman–Crippen MR) is 71.4 cm³/mol. The number of nitrogens with one attached hydrogen (secondary N) is 2. The van der Waals surface area contributed by atoms with E-state index in [4.69, 9.17) is 4.52 Å². The Labute approximate surface area is 115 Å². The second-order valence-corrected chi connectivity index (χ2v) is 4.32. The van der Waals surface area contributed by atoms with Crippen LogP contribution >= 0.6 is 0 Å². The smallest absolute Gasteiger partial charge is 0.240 e. The quantitative estimate of drug-likeness (QED) is 0.729. The minimum atomic E-state index is 0.502. The van der Waals surface area contributed by atoms with Gasteiger partial charge in [-0.2, -0.15) is 20.4 Å². The molecule has 0 aliphatic heterocycles. The van der Waals surface area contributed by atoms with E-state index in [1.165, 1.54) is 0 Å². The van der Waals surface area contributed by atoms with Gasteiger partial charge in [-0.25, -0.2) is 0 Å². The lowest BCUT2D eigenvalue weighted by atomic mass is 10.1. The zero-order valence-corrected chi connectivity index (χ0v) is 11.0. The summed E-state index contributed by atoms with van der Waals surface area (Å²) in [6, 6.07) is 9.93. The summed E-state index contributed by atoms with van der Waals surface area (Å²) in [6.07, 6.45) is 0. The van der Waals surface area contributed by atoms with E-state index >= 15 is 0 Å². The summed E-state index contributed by atoms with van der Waals surface area (Å²) in [5.74, 6) is 1.19. The summed E-state index contributed by atoms with van der Waals surface area (Å²) in [7, 11) is 0. The normalized spacial score (nSPS) is 10.8. The zero-order chi connectivity index (χ0) is 13.8. The van der Waals surface area contributed by atoms with Gasteiger partial charge in [0.05, 0.1) is 6.54 Å². The molecule has 0 spiro atoms. The Balaban J connectivity index is 1.65. The van der Waals surface area contributed by atoms with Crippen molar-refractivity contribution >= 4 is 0 Å². The van der Waals surface area contributed by atoms with Gasteiger partial charge in [-0.3, -0.25) is 0 Å². The van der Waals surface area contributed by atoms with Crippen molar-refractivity contribution in [3.63, 3.8) is 0 Å². The molecule has 7 heteroatoms. The Morgan fingerprint density at radius 1 is 1.15 bits per heavy atom. The van der Waals surface area contributed by atoms with Crippen molar-refractivity contribution in [1.82, 2.24) is 30.9 Å². The van der Waals surface area contributed by atoms with E-state index in [0.29, 0.717) is 24.8 Å². The Morgan fingerprint density at radius 3 is 2.75 bits per heavy atom. The maximum atomic E-state index is 5.03. The molecule has 0 fully saturated rings. The summed E-state index contributed by atoms with van der Waals surface area (Å²) >= 11 is 0. The number of rotatable bonds is 5. The molecule has 2 heterocycles. The molecule has 20 heavy (non-hydrogen) atoms. The van der Waals surface area contributed by atoms with Gasteiger partial charge in [0.2, 0.25) is 5.89 Å². The summed E-state index contributed by atoms with van der Waals surface area (Å²) in [4.78, 5) is 4.13. The molecule has 3 aromatic rings. The second kappa shape index (κ2) is 5.62. The van der Waals surface area contributed by atoms with Gasteiger partial charge in [0.25, 0.3) is 0 Å². The van der Waals surface area contributed by atoms with Crippen LogP contribution < -0.4 is 5.32 Å². The Bertz CT molecular complexity index is 675. The number of benzene rings is 1. The Hall–Kier alpha value is -2.54. The van der Waals surface area contributed by atoms with Crippen LogP contribution in [0.1, 0.15) is 17.4 Å². The van der Waals surface area contributed by atoms with Crippen LogP contribution in [0.5, 0.6) is 0 Å². The van der Waals surface area contributed by atoms with Crippen molar-refractivity contribution in [2.45, 2.75) is 20.0 Å². The molecule has 3 rings (SSSR count). The minimum absolute atomic E-state index is 0.502. The standard InChI is InChI=1S/C13H14N6O/c1-9-15-12(20-18-9)8-14-7-11-13(17-19-16-11)10-5-3-2-4-6-10/h2-6,14H,7-8H2,1H3,(H,16,17,19). The first-order chi connectivity index (χ1) is 9.83. The van der Waals surface area contributed by atoms with Crippen LogP contribution in [0.15, 0.2) is 34.9 Å². The molecule has 2 aromatic heterocycles. The van der Waals surface area contributed by atoms with Crippen molar-refractivity contribution in [1.29, 1.82) is 0 Å². The van der Waals surface area contributed by atoms with Gasteiger partial charge in [0.1, 0.15) is 11.4 Å². The SMILES string of the molecule is Cc1noc(CNCc2n[nH]nc2-c2ccccc2)n1. The number of hydrogen-bond donors (Lipinski definition) is 2. The third kappa shape index (κ3) is 2.72. The van der Waals surface area contributed by atoms with Crippen LogP contribution in [0.25, 0.3) is 11.3 Å². The predicted octanol–water partition coefficient (Wildman–Crippen LogP) is 1.45. The average Bonchev–Trinajstić information content (AvgIpc) is 3.09. The van der Waals surface area contributed by atoms with E-state index in [1.807, 2.05) is 30.3 Å². The molecule has 102 valence electrons. The zero-order valence-electron chi connectivity index (χ0n) is 11.0. The lowest BCUT2D eigenvalue weighted by Gasteiger charge is -2.01. The van der Waals surface area contributed by atoms with Gasteiger partial charge in [-0.1, -0.05) is 35.5 Å². The van der Waals surface area contributed by atoms with Crippen molar-refractivity contribution in [2.75, 3.05) is 0 Å². The van der Waals surface area contributed by atoms with Gasteiger partial charge in [-0.15, -0.1) is 0 Å². The fourth-order valence-corrected chi connectivity index (χ4v) is 1.90. The largest absolute Gasteiger partial charge is 0.338 e. The van der Waals surface area contributed by atoms with Gasteiger partial charge in [-0.05, 0) is 6.92 Å². The number of nitrogens with zero attached hydrogens (tertiary/aromatic N) is 4. The van der Waals surface area contributed by atoms with Crippen LogP contribution in [0.4, 0.5) is 0 Å². The number of aryl methyl sites for hydroxylation is 1. The van der Waals surface area contributed by atoms with Gasteiger partial charge in [0.15, 0.2) is 5.82 Å². The average molecular weight is 270 g/mol. The highest BCUT2D eigenvalue weighted by molar-refractivity contribution is 5.60. The third-order valence-corrected chi connectivity index (χ3v) is 2.81. The molecule has 0 saturated heterocycles. The van der Waals surface area contributed by atoms with Crippen LogP contribution in [0.2, 0.25) is 0 Å². The first-order valence-corrected chi connectivity index (χ1v) is 6.28. The highest BCUT2D eigenvalue weighted by Crippen LogP contribution is 2.18. The molecule has 7 nitrogen and oxygen atoms in total. The molecular weight excluding hydrogens is 256 g/mol. The first-order valence-electron chi connectivity index (χ1n) is 6.28. The summed E-state index contributed by atoms with van der Waals surface area (Å²) in [6.45, 7) is 2.86. The molecule has 0 amide bonds. The lowest BCUT2D eigenvalue weighted by Crippen LogP contribution is -2.14. The van der Waals surface area contributed by atoms with Crippen LogP contribution in [-0.2, 0) is 13.1 Å². The molecule has 0 aliphatic carbocycles. The van der Waals surface area contributed by atoms with E-state index < -0.39 is 0 Å². The summed E-state index contributed by atoms with van der Waals surface area (Å²) < 4.78 is 5.03. The maximum absolute atomic E-state index is 5.03. The van der Waals surface area contributed by atoms with E-state index in [-0.39, 0.29) is 0 Å². The molecule has 0 atom stereocenters. The minimum Gasteiger partial charge on any atom is -0.338 e. The highest BCUT2D eigenvalue weighted by Gasteiger charge is 2.10. The molecule has 1 aromatic carbocycles. The van der Waals surface area contributed by atoms with E-state index in [9.17, 15) is 0 Å². The number of hydrogen-bond acceptors (Lipinski definition) is 6. The molecule has 0 saturated carbocycles. The van der Waals surface area contributed by atoms with Crippen LogP contribution in [-0.4, -0.2) is 25.6 Å². The van der Waals surface area contributed by atoms with Gasteiger partial charge in [0, 0.05) is 12.1 Å². The summed E-state index contributed by atoms with van der Waals surface area (Å²) in [5, 5.41) is 18.0. The van der Waals surface area contributed by atoms with Crippen LogP contribution in [0.3, 0.4) is 0 Å². The lowest BCUT2D eigenvalue weighted by molar-refractivity contribution is 0.364.